The molecule has 2 heterocycles. The van der Waals surface area contributed by atoms with E-state index in [4.69, 9.17) is 4.42 Å². The lowest BCUT2D eigenvalue weighted by Crippen LogP contribution is -2.26. The molecule has 0 saturated heterocycles. The molecule has 5 nitrogen and oxygen atoms in total. The van der Waals surface area contributed by atoms with Crippen molar-refractivity contribution in [2.24, 2.45) is 0 Å². The van der Waals surface area contributed by atoms with Gasteiger partial charge in [-0.25, -0.2) is 0 Å². The smallest absolute Gasteiger partial charge is 0.292 e. The van der Waals surface area contributed by atoms with Gasteiger partial charge in [-0.3, -0.25) is 9.59 Å². The van der Waals surface area contributed by atoms with E-state index in [9.17, 15) is 9.59 Å². The van der Waals surface area contributed by atoms with Crippen molar-refractivity contribution >= 4 is 44.1 Å². The minimum atomic E-state index is -0.376. The predicted octanol–water partition coefficient (Wildman–Crippen LogP) is 3.25. The molecule has 0 spiro atoms. The number of thiophene rings is 1. The van der Waals surface area contributed by atoms with Crippen LogP contribution in [0, 0.1) is 0 Å². The summed E-state index contributed by atoms with van der Waals surface area (Å²) in [7, 11) is 0. The van der Waals surface area contributed by atoms with Crippen molar-refractivity contribution in [1.29, 1.82) is 0 Å². The quantitative estimate of drug-likeness (QED) is 0.885. The van der Waals surface area contributed by atoms with Gasteiger partial charge in [0, 0.05) is 6.04 Å². The second kappa shape index (κ2) is 5.41. The number of nitrogens with one attached hydrogen (secondary N) is 2. The van der Waals surface area contributed by atoms with E-state index in [1.807, 2.05) is 0 Å². The van der Waals surface area contributed by atoms with Crippen LogP contribution in [0.4, 0.5) is 5.00 Å². The van der Waals surface area contributed by atoms with Gasteiger partial charge in [0.1, 0.15) is 5.00 Å². The standard InChI is InChI=1S/C13H11BrN2O3S/c14-10-4-3-9(19-10)12(18)16-13-8(5-6-20-13)11(17)15-7-1-2-7/h3-7H,1-2H2,(H,15,17)(H,16,18). The molecule has 0 atom stereocenters. The molecule has 0 aromatic carbocycles. The van der Waals surface area contributed by atoms with Crippen molar-refractivity contribution in [3.8, 4) is 0 Å². The lowest BCUT2D eigenvalue weighted by atomic mass is 10.3. The van der Waals surface area contributed by atoms with Crippen LogP contribution < -0.4 is 10.6 Å². The zero-order chi connectivity index (χ0) is 14.1. The molecule has 2 amide bonds. The minimum Gasteiger partial charge on any atom is -0.444 e. The van der Waals surface area contributed by atoms with Crippen molar-refractivity contribution in [1.82, 2.24) is 5.32 Å². The number of amides is 2. The number of rotatable bonds is 4. The Bertz CT molecular complexity index is 660. The highest BCUT2D eigenvalue weighted by atomic mass is 79.9. The van der Waals surface area contributed by atoms with Gasteiger partial charge in [-0.05, 0) is 52.4 Å². The Kier molecular flexibility index (Phi) is 3.62. The maximum absolute atomic E-state index is 12.0. The first kappa shape index (κ1) is 13.4. The third kappa shape index (κ3) is 2.94. The van der Waals surface area contributed by atoms with Crippen LogP contribution in [-0.4, -0.2) is 17.9 Å². The van der Waals surface area contributed by atoms with E-state index in [2.05, 4.69) is 26.6 Å². The van der Waals surface area contributed by atoms with E-state index >= 15 is 0 Å². The van der Waals surface area contributed by atoms with Crippen LogP contribution in [0.5, 0.6) is 0 Å². The van der Waals surface area contributed by atoms with Crippen molar-refractivity contribution < 1.29 is 14.0 Å². The zero-order valence-electron chi connectivity index (χ0n) is 10.3. The molecule has 2 aromatic heterocycles. The third-order valence-corrected chi connectivity index (χ3v) is 4.10. The summed E-state index contributed by atoms with van der Waals surface area (Å²) in [6.45, 7) is 0. The van der Waals surface area contributed by atoms with Gasteiger partial charge >= 0.3 is 0 Å². The highest BCUT2D eigenvalue weighted by Crippen LogP contribution is 2.26. The molecule has 1 fully saturated rings. The topological polar surface area (TPSA) is 71.3 Å². The van der Waals surface area contributed by atoms with E-state index in [0.717, 1.165) is 12.8 Å². The summed E-state index contributed by atoms with van der Waals surface area (Å²) in [6.07, 6.45) is 2.05. The molecule has 1 aliphatic carbocycles. The Morgan fingerprint density at radius 1 is 1.25 bits per heavy atom. The second-order valence-electron chi connectivity index (χ2n) is 4.47. The van der Waals surface area contributed by atoms with Crippen LogP contribution in [0.2, 0.25) is 0 Å². The first-order valence-electron chi connectivity index (χ1n) is 6.08. The van der Waals surface area contributed by atoms with E-state index in [0.29, 0.717) is 15.2 Å². The first-order valence-corrected chi connectivity index (χ1v) is 7.76. The van der Waals surface area contributed by atoms with Crippen molar-refractivity contribution in [2.75, 3.05) is 5.32 Å². The van der Waals surface area contributed by atoms with Gasteiger partial charge in [0.2, 0.25) is 0 Å². The van der Waals surface area contributed by atoms with Gasteiger partial charge < -0.3 is 15.1 Å². The number of halogens is 1. The number of furan rings is 1. The summed E-state index contributed by atoms with van der Waals surface area (Å²) >= 11 is 4.45. The largest absolute Gasteiger partial charge is 0.444 e. The van der Waals surface area contributed by atoms with Crippen molar-refractivity contribution in [3.63, 3.8) is 0 Å². The lowest BCUT2D eigenvalue weighted by molar-refractivity contribution is 0.0952. The number of carbonyl (C=O) groups is 2. The van der Waals surface area contributed by atoms with Gasteiger partial charge in [-0.1, -0.05) is 0 Å². The van der Waals surface area contributed by atoms with Gasteiger partial charge in [0.05, 0.1) is 5.56 Å². The number of hydrogen-bond acceptors (Lipinski definition) is 4. The molecule has 20 heavy (non-hydrogen) atoms. The summed E-state index contributed by atoms with van der Waals surface area (Å²) in [5.74, 6) is -0.331. The Labute approximate surface area is 127 Å². The van der Waals surface area contributed by atoms with E-state index in [1.54, 1.807) is 23.6 Å². The van der Waals surface area contributed by atoms with Crippen molar-refractivity contribution in [3.05, 3.63) is 39.6 Å². The fourth-order valence-corrected chi connectivity index (χ4v) is 2.76. The summed E-state index contributed by atoms with van der Waals surface area (Å²) in [6, 6.07) is 5.20. The monoisotopic (exact) mass is 354 g/mol. The molecular formula is C13H11BrN2O3S. The van der Waals surface area contributed by atoms with Crippen LogP contribution in [0.1, 0.15) is 33.8 Å². The number of hydrogen-bond donors (Lipinski definition) is 2. The van der Waals surface area contributed by atoms with Crippen LogP contribution in [0.15, 0.2) is 32.7 Å². The average Bonchev–Trinajstić information content (AvgIpc) is 2.92. The molecule has 3 rings (SSSR count). The van der Waals surface area contributed by atoms with Gasteiger partial charge in [-0.15, -0.1) is 11.3 Å². The lowest BCUT2D eigenvalue weighted by Gasteiger charge is -2.05. The Balaban J connectivity index is 1.72. The van der Waals surface area contributed by atoms with E-state index < -0.39 is 0 Å². The van der Waals surface area contributed by atoms with E-state index in [-0.39, 0.29) is 23.6 Å². The summed E-state index contributed by atoms with van der Waals surface area (Å²) in [5.41, 5.74) is 0.487. The molecule has 0 radical (unpaired) electrons. The SMILES string of the molecule is O=C(Nc1sccc1C(=O)NC1CC1)c1ccc(Br)o1. The normalized spacial score (nSPS) is 14.1. The second-order valence-corrected chi connectivity index (χ2v) is 6.17. The average molecular weight is 355 g/mol. The summed E-state index contributed by atoms with van der Waals surface area (Å²) < 4.78 is 5.66. The minimum absolute atomic E-state index is 0.148. The third-order valence-electron chi connectivity index (χ3n) is 2.85. The molecule has 0 aliphatic heterocycles. The molecule has 2 aromatic rings. The Hall–Kier alpha value is -1.60. The van der Waals surface area contributed by atoms with Crippen LogP contribution >= 0.6 is 27.3 Å². The highest BCUT2D eigenvalue weighted by Gasteiger charge is 2.25. The molecule has 0 unspecified atom stereocenters. The maximum atomic E-state index is 12.0. The van der Waals surface area contributed by atoms with Gasteiger partial charge in [0.15, 0.2) is 10.4 Å². The number of carbonyl (C=O) groups excluding carboxylic acids is 2. The summed E-state index contributed by atoms with van der Waals surface area (Å²) in [5, 5.41) is 7.90. The zero-order valence-corrected chi connectivity index (χ0v) is 12.7. The molecule has 0 bridgehead atoms. The van der Waals surface area contributed by atoms with E-state index in [1.165, 1.54) is 11.3 Å². The highest BCUT2D eigenvalue weighted by molar-refractivity contribution is 9.10. The molecule has 2 N–H and O–H groups in total. The predicted molar refractivity (Wildman–Crippen MR) is 79.2 cm³/mol. The van der Waals surface area contributed by atoms with Crippen LogP contribution in [0.3, 0.4) is 0 Å². The molecule has 7 heteroatoms. The van der Waals surface area contributed by atoms with Crippen LogP contribution in [0.25, 0.3) is 0 Å². The summed E-state index contributed by atoms with van der Waals surface area (Å²) in [4.78, 5) is 24.0. The van der Waals surface area contributed by atoms with Crippen LogP contribution in [-0.2, 0) is 0 Å². The Morgan fingerprint density at radius 3 is 2.70 bits per heavy atom. The maximum Gasteiger partial charge on any atom is 0.292 e. The van der Waals surface area contributed by atoms with Gasteiger partial charge in [0.25, 0.3) is 11.8 Å². The number of anilines is 1. The first-order chi connectivity index (χ1) is 9.63. The van der Waals surface area contributed by atoms with Crippen molar-refractivity contribution in [2.45, 2.75) is 18.9 Å². The fourth-order valence-electron chi connectivity index (χ4n) is 1.68. The molecule has 104 valence electrons. The Morgan fingerprint density at radius 2 is 2.05 bits per heavy atom. The molecule has 1 saturated carbocycles. The molecule has 1 aliphatic rings. The molecular weight excluding hydrogens is 344 g/mol. The van der Waals surface area contributed by atoms with Gasteiger partial charge in [-0.2, -0.15) is 0 Å². The fraction of sp³-hybridized carbons (Fsp3) is 0.231.